The molecular weight excluding hydrogens is 534 g/mol. The second-order valence-corrected chi connectivity index (χ2v) is 12.8. The number of ether oxygens (including phenoxy) is 3. The molecular formula is C29H35N3O5S2. The minimum Gasteiger partial charge on any atom is -0.497 e. The van der Waals surface area contributed by atoms with Crippen LogP contribution in [-0.2, 0) is 21.2 Å². The highest BCUT2D eigenvalue weighted by molar-refractivity contribution is 7.89. The molecule has 4 aromatic rings. The van der Waals surface area contributed by atoms with E-state index in [1.165, 1.54) is 11.3 Å². The number of sulfonamides is 1. The van der Waals surface area contributed by atoms with E-state index in [1.54, 1.807) is 18.5 Å². The van der Waals surface area contributed by atoms with Crippen LogP contribution in [0.5, 0.6) is 11.5 Å². The van der Waals surface area contributed by atoms with Gasteiger partial charge < -0.3 is 14.2 Å². The first-order chi connectivity index (χ1) is 18.7. The number of nitrogens with zero attached hydrogens (tertiary/aromatic N) is 3. The maximum absolute atomic E-state index is 14.0. The SMILES string of the molecule is COc1ccc(OC)c(-c2cn3c(CCN(CC4CCCO4)S(=O)(=O)c4c(C)cc(C)cc4C)csc3n2)c1. The van der Waals surface area contributed by atoms with E-state index in [-0.39, 0.29) is 6.10 Å². The van der Waals surface area contributed by atoms with E-state index in [2.05, 4.69) is 0 Å². The summed E-state index contributed by atoms with van der Waals surface area (Å²) in [6.07, 6.45) is 4.26. The van der Waals surface area contributed by atoms with Crippen LogP contribution in [-0.4, -0.2) is 62.1 Å². The van der Waals surface area contributed by atoms with Crippen molar-refractivity contribution in [2.75, 3.05) is 33.9 Å². The molecule has 1 unspecified atom stereocenters. The number of thiazole rings is 1. The van der Waals surface area contributed by atoms with E-state index >= 15 is 0 Å². The molecule has 0 bridgehead atoms. The molecule has 0 radical (unpaired) electrons. The average Bonchev–Trinajstić information content (AvgIpc) is 3.63. The molecule has 2 aromatic heterocycles. The van der Waals surface area contributed by atoms with Gasteiger partial charge in [-0.2, -0.15) is 4.31 Å². The first-order valence-corrected chi connectivity index (χ1v) is 15.4. The molecule has 208 valence electrons. The maximum atomic E-state index is 14.0. The summed E-state index contributed by atoms with van der Waals surface area (Å²) in [7, 11) is -0.461. The van der Waals surface area contributed by atoms with E-state index in [1.807, 2.05) is 67.1 Å². The standard InChI is InChI=1S/C29H35N3O5S2/c1-19-13-20(2)28(21(3)14-19)39(33,34)31(16-24-7-6-12-37-24)11-10-22-18-38-29-30-26(17-32(22)29)25-15-23(35-4)8-9-27(25)36-5/h8-9,13-15,17-18,24H,6-7,10-12,16H2,1-5H3. The molecule has 10 heteroatoms. The molecule has 1 saturated heterocycles. The molecule has 1 fully saturated rings. The van der Waals surface area contributed by atoms with E-state index < -0.39 is 10.0 Å². The van der Waals surface area contributed by atoms with Crippen LogP contribution in [0.1, 0.15) is 35.2 Å². The molecule has 8 nitrogen and oxygen atoms in total. The smallest absolute Gasteiger partial charge is 0.243 e. The summed E-state index contributed by atoms with van der Waals surface area (Å²) in [4.78, 5) is 6.06. The summed E-state index contributed by atoms with van der Waals surface area (Å²) in [5.74, 6) is 1.43. The quantitative estimate of drug-likeness (QED) is 0.254. The van der Waals surface area contributed by atoms with Crippen molar-refractivity contribution < 1.29 is 22.6 Å². The number of aryl methyl sites for hydroxylation is 3. The van der Waals surface area contributed by atoms with Crippen LogP contribution in [0.3, 0.4) is 0 Å². The third kappa shape index (κ3) is 5.56. The van der Waals surface area contributed by atoms with Gasteiger partial charge in [-0.3, -0.25) is 4.40 Å². The first kappa shape index (κ1) is 27.6. The zero-order chi connectivity index (χ0) is 27.7. The predicted molar refractivity (Wildman–Crippen MR) is 154 cm³/mol. The third-order valence-corrected chi connectivity index (χ3v) is 10.3. The number of benzene rings is 2. The number of rotatable bonds is 10. The van der Waals surface area contributed by atoms with E-state index in [4.69, 9.17) is 19.2 Å². The lowest BCUT2D eigenvalue weighted by molar-refractivity contribution is 0.0939. The highest BCUT2D eigenvalue weighted by Crippen LogP contribution is 2.34. The number of hydrogen-bond donors (Lipinski definition) is 0. The van der Waals surface area contributed by atoms with Gasteiger partial charge >= 0.3 is 0 Å². The van der Waals surface area contributed by atoms with Crippen LogP contribution < -0.4 is 9.47 Å². The van der Waals surface area contributed by atoms with Crippen LogP contribution in [0, 0.1) is 20.8 Å². The van der Waals surface area contributed by atoms with Crippen LogP contribution in [0.15, 0.2) is 46.8 Å². The first-order valence-electron chi connectivity index (χ1n) is 13.1. The number of imidazole rings is 1. The van der Waals surface area contributed by atoms with Crippen molar-refractivity contribution in [2.24, 2.45) is 0 Å². The average molecular weight is 570 g/mol. The van der Waals surface area contributed by atoms with Crippen LogP contribution in [0.25, 0.3) is 16.2 Å². The third-order valence-electron chi connectivity index (χ3n) is 7.22. The molecule has 39 heavy (non-hydrogen) atoms. The van der Waals surface area contributed by atoms with Crippen molar-refractivity contribution in [2.45, 2.75) is 51.0 Å². The molecule has 2 aromatic carbocycles. The Morgan fingerprint density at radius 1 is 1.13 bits per heavy atom. The van der Waals surface area contributed by atoms with Crippen LogP contribution in [0.2, 0.25) is 0 Å². The second-order valence-electron chi connectivity index (χ2n) is 10.0. The normalized spacial score (nSPS) is 15.9. The Balaban J connectivity index is 1.45. The zero-order valence-electron chi connectivity index (χ0n) is 23.1. The largest absolute Gasteiger partial charge is 0.497 e. The molecule has 0 spiro atoms. The van der Waals surface area contributed by atoms with Crippen molar-refractivity contribution >= 4 is 26.3 Å². The van der Waals surface area contributed by atoms with E-state index in [9.17, 15) is 8.42 Å². The molecule has 1 atom stereocenters. The topological polar surface area (TPSA) is 82.4 Å². The van der Waals surface area contributed by atoms with Crippen molar-refractivity contribution in [3.8, 4) is 22.8 Å². The monoisotopic (exact) mass is 569 g/mol. The van der Waals surface area contributed by atoms with Gasteiger partial charge in [-0.25, -0.2) is 13.4 Å². The van der Waals surface area contributed by atoms with Gasteiger partial charge in [0.25, 0.3) is 0 Å². The molecule has 1 aliphatic heterocycles. The Morgan fingerprint density at radius 3 is 2.56 bits per heavy atom. The molecule has 0 amide bonds. The summed E-state index contributed by atoms with van der Waals surface area (Å²) >= 11 is 1.53. The van der Waals surface area contributed by atoms with Gasteiger partial charge in [-0.05, 0) is 62.9 Å². The van der Waals surface area contributed by atoms with Gasteiger partial charge in [0.05, 0.1) is 30.9 Å². The summed E-state index contributed by atoms with van der Waals surface area (Å²) in [6.45, 7) is 7.11. The van der Waals surface area contributed by atoms with Crippen molar-refractivity contribution in [3.05, 3.63) is 64.3 Å². The molecule has 0 saturated carbocycles. The number of hydrogen-bond acceptors (Lipinski definition) is 7. The summed E-state index contributed by atoms with van der Waals surface area (Å²) in [5.41, 5.74) is 5.21. The number of fused-ring (bicyclic) bond motifs is 1. The zero-order valence-corrected chi connectivity index (χ0v) is 24.7. The molecule has 0 N–H and O–H groups in total. The van der Waals surface area contributed by atoms with E-state index in [0.29, 0.717) is 36.8 Å². The lowest BCUT2D eigenvalue weighted by atomic mass is 10.1. The molecule has 3 heterocycles. The Kier molecular flexibility index (Phi) is 8.00. The fraction of sp³-hybridized carbons (Fsp3) is 0.414. The van der Waals surface area contributed by atoms with Gasteiger partial charge in [0.15, 0.2) is 4.96 Å². The number of methoxy groups -OCH3 is 2. The van der Waals surface area contributed by atoms with E-state index in [0.717, 1.165) is 57.2 Å². The molecule has 5 rings (SSSR count). The lowest BCUT2D eigenvalue weighted by Crippen LogP contribution is -2.39. The van der Waals surface area contributed by atoms with Gasteiger partial charge in [0.2, 0.25) is 10.0 Å². The Hall–Kier alpha value is -2.92. The minimum atomic E-state index is -3.73. The van der Waals surface area contributed by atoms with Crippen molar-refractivity contribution in [3.63, 3.8) is 0 Å². The summed E-state index contributed by atoms with van der Waals surface area (Å²) in [5, 5.41) is 2.05. The Morgan fingerprint density at radius 2 is 1.90 bits per heavy atom. The van der Waals surface area contributed by atoms with Crippen molar-refractivity contribution in [1.29, 1.82) is 0 Å². The summed E-state index contributed by atoms with van der Waals surface area (Å²) < 4.78 is 48.6. The maximum Gasteiger partial charge on any atom is 0.243 e. The lowest BCUT2D eigenvalue weighted by Gasteiger charge is -2.26. The van der Waals surface area contributed by atoms with Gasteiger partial charge in [-0.1, -0.05) is 17.7 Å². The molecule has 0 aliphatic carbocycles. The van der Waals surface area contributed by atoms with Gasteiger partial charge in [0.1, 0.15) is 11.5 Å². The second kappa shape index (κ2) is 11.3. The number of aromatic nitrogens is 2. The fourth-order valence-electron chi connectivity index (χ4n) is 5.42. The van der Waals surface area contributed by atoms with Gasteiger partial charge in [0, 0.05) is 49.0 Å². The predicted octanol–water partition coefficient (Wildman–Crippen LogP) is 5.42. The van der Waals surface area contributed by atoms with Crippen LogP contribution >= 0.6 is 11.3 Å². The van der Waals surface area contributed by atoms with Gasteiger partial charge in [-0.15, -0.1) is 11.3 Å². The fourth-order valence-corrected chi connectivity index (χ4v) is 8.21. The Bertz CT molecular complexity index is 1560. The summed E-state index contributed by atoms with van der Waals surface area (Å²) in [6, 6.07) is 9.50. The molecule has 1 aliphatic rings. The minimum absolute atomic E-state index is 0.0892. The van der Waals surface area contributed by atoms with Crippen molar-refractivity contribution in [1.82, 2.24) is 13.7 Å². The Labute approximate surface area is 234 Å². The highest BCUT2D eigenvalue weighted by atomic mass is 32.2. The van der Waals surface area contributed by atoms with Crippen LogP contribution in [0.4, 0.5) is 0 Å². The highest BCUT2D eigenvalue weighted by Gasteiger charge is 2.31.